The fourth-order valence-corrected chi connectivity index (χ4v) is 4.03. The average molecular weight is 448 g/mol. The van der Waals surface area contributed by atoms with Crippen molar-refractivity contribution in [3.63, 3.8) is 0 Å². The van der Waals surface area contributed by atoms with Crippen LogP contribution >= 0.6 is 0 Å². The molecule has 3 N–H and O–H groups in total. The molecule has 0 aliphatic carbocycles. The lowest BCUT2D eigenvalue weighted by Gasteiger charge is -2.05. The molecule has 9 nitrogen and oxygen atoms in total. The van der Waals surface area contributed by atoms with Crippen LogP contribution in [0.4, 0.5) is 0 Å². The number of fused-ring (bicyclic) bond motifs is 2. The molecule has 0 unspecified atom stereocenters. The monoisotopic (exact) mass is 447 g/mol. The van der Waals surface area contributed by atoms with E-state index in [0.717, 1.165) is 51.8 Å². The van der Waals surface area contributed by atoms with Gasteiger partial charge in [0.2, 0.25) is 0 Å². The van der Waals surface area contributed by atoms with E-state index in [4.69, 9.17) is 4.98 Å². The molecule has 6 heterocycles. The third kappa shape index (κ3) is 3.57. The van der Waals surface area contributed by atoms with Crippen molar-refractivity contribution >= 4 is 22.2 Å². The van der Waals surface area contributed by atoms with Gasteiger partial charge in [-0.1, -0.05) is 13.0 Å². The Bertz CT molecular complexity index is 1600. The number of nitrogens with one attached hydrogen (secondary N) is 3. The Morgan fingerprint density at radius 2 is 1.79 bits per heavy atom. The lowest BCUT2D eigenvalue weighted by molar-refractivity contribution is 0.724. The third-order valence-corrected chi connectivity index (χ3v) is 5.71. The number of imidazole rings is 1. The fourth-order valence-electron chi connectivity index (χ4n) is 4.03. The lowest BCUT2D eigenvalue weighted by atomic mass is 10.1. The van der Waals surface area contributed by atoms with Crippen molar-refractivity contribution in [3.8, 4) is 33.8 Å². The maximum absolute atomic E-state index is 4.86. The van der Waals surface area contributed by atoms with Crippen molar-refractivity contribution in [3.05, 3.63) is 73.1 Å². The molecule has 0 saturated carbocycles. The Kier molecular flexibility index (Phi) is 5.00. The standard InChI is InChI=1S/C25H21N9/c1-2-26-10-15-8-17(13-28-11-15)18-9-20-22(33-34-23(20)30-14-18)25-31-21-19(5-7-29-24(21)32-25)16-4-3-6-27-12-16/h3-9,11-14,26H,2,10H2,1H3,(H,29,31,32)(H,30,33,34). The summed E-state index contributed by atoms with van der Waals surface area (Å²) in [7, 11) is 0. The Morgan fingerprint density at radius 3 is 2.68 bits per heavy atom. The molecule has 0 saturated heterocycles. The van der Waals surface area contributed by atoms with E-state index >= 15 is 0 Å². The van der Waals surface area contributed by atoms with Crippen LogP contribution in [0.1, 0.15) is 12.5 Å². The Labute approximate surface area is 194 Å². The Morgan fingerprint density at radius 1 is 0.882 bits per heavy atom. The first-order chi connectivity index (χ1) is 16.8. The predicted molar refractivity (Wildman–Crippen MR) is 131 cm³/mol. The molecule has 6 aromatic heterocycles. The first-order valence-electron chi connectivity index (χ1n) is 11.0. The molecule has 0 aliphatic heterocycles. The summed E-state index contributed by atoms with van der Waals surface area (Å²) in [4.78, 5) is 25.9. The molecular weight excluding hydrogens is 426 g/mol. The van der Waals surface area contributed by atoms with E-state index < -0.39 is 0 Å². The highest BCUT2D eigenvalue weighted by atomic mass is 15.2. The minimum absolute atomic E-state index is 0.628. The van der Waals surface area contributed by atoms with Crippen LogP contribution in [0.3, 0.4) is 0 Å². The van der Waals surface area contributed by atoms with Gasteiger partial charge in [0.15, 0.2) is 17.1 Å². The van der Waals surface area contributed by atoms with Crippen molar-refractivity contribution in [1.29, 1.82) is 0 Å². The minimum atomic E-state index is 0.628. The number of nitrogens with zero attached hydrogens (tertiary/aromatic N) is 6. The van der Waals surface area contributed by atoms with Gasteiger partial charge in [-0.15, -0.1) is 0 Å². The van der Waals surface area contributed by atoms with E-state index in [2.05, 4.69) is 59.5 Å². The van der Waals surface area contributed by atoms with Gasteiger partial charge in [0.25, 0.3) is 0 Å². The molecule has 0 bridgehead atoms. The second kappa shape index (κ2) is 8.45. The van der Waals surface area contributed by atoms with Gasteiger partial charge in [0, 0.05) is 66.0 Å². The predicted octanol–water partition coefficient (Wildman–Crippen LogP) is 4.13. The molecule has 166 valence electrons. The highest BCUT2D eigenvalue weighted by molar-refractivity contribution is 5.95. The van der Waals surface area contributed by atoms with Crippen molar-refractivity contribution < 1.29 is 0 Å². The first-order valence-corrected chi connectivity index (χ1v) is 11.0. The highest BCUT2D eigenvalue weighted by Crippen LogP contribution is 2.31. The number of aromatic nitrogens is 8. The number of pyridine rings is 4. The van der Waals surface area contributed by atoms with Gasteiger partial charge in [-0.05, 0) is 36.4 Å². The molecule has 0 amide bonds. The summed E-state index contributed by atoms with van der Waals surface area (Å²) in [6.45, 7) is 3.77. The van der Waals surface area contributed by atoms with Crippen LogP contribution in [0, 0.1) is 0 Å². The maximum Gasteiger partial charge on any atom is 0.161 e. The Hall–Kier alpha value is -4.50. The number of hydrogen-bond acceptors (Lipinski definition) is 7. The maximum atomic E-state index is 4.86. The molecule has 0 aliphatic rings. The largest absolute Gasteiger partial charge is 0.321 e. The first kappa shape index (κ1) is 20.1. The molecule has 0 atom stereocenters. The molecule has 0 fully saturated rings. The summed E-state index contributed by atoms with van der Waals surface area (Å²) >= 11 is 0. The molecule has 34 heavy (non-hydrogen) atoms. The topological polar surface area (TPSA) is 121 Å². The normalized spacial score (nSPS) is 11.4. The highest BCUT2D eigenvalue weighted by Gasteiger charge is 2.17. The van der Waals surface area contributed by atoms with Gasteiger partial charge < -0.3 is 10.3 Å². The smallest absolute Gasteiger partial charge is 0.161 e. The van der Waals surface area contributed by atoms with E-state index in [1.807, 2.05) is 43.0 Å². The van der Waals surface area contributed by atoms with Gasteiger partial charge in [0.1, 0.15) is 11.2 Å². The lowest BCUT2D eigenvalue weighted by Crippen LogP contribution is -2.11. The second-order valence-corrected chi connectivity index (χ2v) is 7.94. The van der Waals surface area contributed by atoms with Crippen molar-refractivity contribution in [1.82, 2.24) is 45.4 Å². The number of aromatic amines is 2. The number of rotatable bonds is 6. The summed E-state index contributed by atoms with van der Waals surface area (Å²) in [5.41, 5.74) is 7.87. The van der Waals surface area contributed by atoms with Crippen molar-refractivity contribution in [2.75, 3.05) is 6.54 Å². The molecule has 6 rings (SSSR count). The summed E-state index contributed by atoms with van der Waals surface area (Å²) < 4.78 is 0. The molecular formula is C25H21N9. The van der Waals surface area contributed by atoms with Gasteiger partial charge in [-0.2, -0.15) is 5.10 Å². The molecule has 9 heteroatoms. The third-order valence-electron chi connectivity index (χ3n) is 5.71. The van der Waals surface area contributed by atoms with Crippen molar-refractivity contribution in [2.24, 2.45) is 0 Å². The van der Waals surface area contributed by atoms with E-state index in [0.29, 0.717) is 22.8 Å². The summed E-state index contributed by atoms with van der Waals surface area (Å²) in [5, 5.41) is 11.7. The van der Waals surface area contributed by atoms with Crippen LogP contribution in [0.15, 0.2) is 67.5 Å². The zero-order valence-electron chi connectivity index (χ0n) is 18.4. The second-order valence-electron chi connectivity index (χ2n) is 7.94. The molecule has 6 aromatic rings. The Balaban J connectivity index is 1.44. The van der Waals surface area contributed by atoms with Gasteiger partial charge in [-0.25, -0.2) is 15.0 Å². The van der Waals surface area contributed by atoms with Crippen LogP contribution in [0.25, 0.3) is 56.0 Å². The molecule has 0 aromatic carbocycles. The quantitative estimate of drug-likeness (QED) is 0.351. The number of hydrogen-bond donors (Lipinski definition) is 3. The van der Waals surface area contributed by atoms with E-state index in [1.54, 1.807) is 12.4 Å². The fraction of sp³-hybridized carbons (Fsp3) is 0.120. The van der Waals surface area contributed by atoms with Gasteiger partial charge in [0.05, 0.1) is 5.39 Å². The van der Waals surface area contributed by atoms with Crippen LogP contribution in [0.2, 0.25) is 0 Å². The summed E-state index contributed by atoms with van der Waals surface area (Å²) in [5.74, 6) is 0.628. The SMILES string of the molecule is CCNCc1cncc(-c2cnc3[nH]nc(-c4nc5c(-c6cccnc6)ccnc5[nH]4)c3c2)c1. The molecule has 0 spiro atoms. The summed E-state index contributed by atoms with van der Waals surface area (Å²) in [6.07, 6.45) is 10.9. The zero-order chi connectivity index (χ0) is 22.9. The van der Waals surface area contributed by atoms with Gasteiger partial charge in [-0.3, -0.25) is 15.1 Å². The van der Waals surface area contributed by atoms with E-state index in [1.165, 1.54) is 0 Å². The van der Waals surface area contributed by atoms with E-state index in [-0.39, 0.29) is 0 Å². The van der Waals surface area contributed by atoms with Crippen LogP contribution < -0.4 is 5.32 Å². The average Bonchev–Trinajstić information content (AvgIpc) is 3.51. The van der Waals surface area contributed by atoms with Crippen LogP contribution in [0.5, 0.6) is 0 Å². The summed E-state index contributed by atoms with van der Waals surface area (Å²) in [6, 6.07) is 10.1. The zero-order valence-corrected chi connectivity index (χ0v) is 18.4. The number of H-pyrrole nitrogens is 2. The minimum Gasteiger partial charge on any atom is -0.321 e. The molecule has 0 radical (unpaired) electrons. The van der Waals surface area contributed by atoms with Crippen LogP contribution in [-0.2, 0) is 6.54 Å². The van der Waals surface area contributed by atoms with Crippen LogP contribution in [-0.4, -0.2) is 46.6 Å². The van der Waals surface area contributed by atoms with Gasteiger partial charge >= 0.3 is 0 Å². The van der Waals surface area contributed by atoms with Crippen molar-refractivity contribution in [2.45, 2.75) is 13.5 Å². The van der Waals surface area contributed by atoms with E-state index in [9.17, 15) is 0 Å².